The van der Waals surface area contributed by atoms with Crippen molar-refractivity contribution in [3.8, 4) is 0 Å². The first-order valence-electron chi connectivity index (χ1n) is 7.67. The van der Waals surface area contributed by atoms with Crippen molar-refractivity contribution in [2.75, 3.05) is 5.32 Å². The Morgan fingerprint density at radius 1 is 1.12 bits per heavy atom. The number of nitrogens with one attached hydrogen (secondary N) is 1. The zero-order valence-electron chi connectivity index (χ0n) is 13.4. The molecule has 8 heteroatoms. The van der Waals surface area contributed by atoms with E-state index in [0.29, 0.717) is 16.7 Å². The summed E-state index contributed by atoms with van der Waals surface area (Å²) < 4.78 is 31.8. The minimum absolute atomic E-state index is 0.129. The van der Waals surface area contributed by atoms with Crippen molar-refractivity contribution in [2.24, 2.45) is 0 Å². The van der Waals surface area contributed by atoms with Crippen LogP contribution in [0.15, 0.2) is 82.7 Å². The number of benzene rings is 1. The summed E-state index contributed by atoms with van der Waals surface area (Å²) in [6.07, 6.45) is 5.73. The van der Waals surface area contributed by atoms with Gasteiger partial charge in [-0.05, 0) is 42.5 Å². The van der Waals surface area contributed by atoms with Crippen LogP contribution in [0.4, 0.5) is 5.69 Å². The van der Waals surface area contributed by atoms with Gasteiger partial charge in [0.15, 0.2) is 0 Å². The maximum atomic E-state index is 12.8. The lowest BCUT2D eigenvalue weighted by Crippen LogP contribution is -2.14. The molecule has 0 saturated carbocycles. The second-order valence-electron chi connectivity index (χ2n) is 5.52. The van der Waals surface area contributed by atoms with E-state index in [0.717, 1.165) is 3.97 Å². The zero-order chi connectivity index (χ0) is 18.1. The second-order valence-corrected chi connectivity index (χ2v) is 7.37. The van der Waals surface area contributed by atoms with Crippen LogP contribution in [0.3, 0.4) is 0 Å². The third kappa shape index (κ3) is 2.86. The number of fused-ring (bicyclic) bond motifs is 1. The van der Waals surface area contributed by atoms with Gasteiger partial charge in [-0.3, -0.25) is 9.78 Å². The molecule has 0 saturated heterocycles. The summed E-state index contributed by atoms with van der Waals surface area (Å²) >= 11 is 0. The lowest BCUT2D eigenvalue weighted by atomic mass is 10.3. The topological polar surface area (TPSA) is 94.2 Å². The van der Waals surface area contributed by atoms with E-state index in [-0.39, 0.29) is 10.6 Å². The molecule has 3 aromatic heterocycles. The van der Waals surface area contributed by atoms with Crippen molar-refractivity contribution in [1.29, 1.82) is 0 Å². The summed E-state index contributed by atoms with van der Waals surface area (Å²) in [5.41, 5.74) is 1.21. The van der Waals surface area contributed by atoms with Crippen molar-refractivity contribution in [2.45, 2.75) is 4.90 Å². The third-order valence-electron chi connectivity index (χ3n) is 3.82. The van der Waals surface area contributed by atoms with E-state index in [1.54, 1.807) is 36.4 Å². The largest absolute Gasteiger partial charge is 0.464 e. The molecular weight excluding hydrogens is 354 g/mol. The molecule has 26 heavy (non-hydrogen) atoms. The number of carbonyl (C=O) groups is 1. The van der Waals surface area contributed by atoms with Gasteiger partial charge in [-0.15, -0.1) is 0 Å². The van der Waals surface area contributed by atoms with Crippen LogP contribution in [0.2, 0.25) is 0 Å². The van der Waals surface area contributed by atoms with Gasteiger partial charge in [0.2, 0.25) is 0 Å². The molecule has 1 amide bonds. The quantitative estimate of drug-likeness (QED) is 0.598. The third-order valence-corrected chi connectivity index (χ3v) is 5.45. The van der Waals surface area contributed by atoms with Crippen molar-refractivity contribution in [1.82, 2.24) is 8.96 Å². The van der Waals surface area contributed by atoms with Gasteiger partial charge in [0.25, 0.3) is 15.9 Å². The van der Waals surface area contributed by atoms with Gasteiger partial charge >= 0.3 is 0 Å². The summed E-state index contributed by atoms with van der Waals surface area (Å²) in [5.74, 6) is -0.416. The molecule has 0 spiro atoms. The highest BCUT2D eigenvalue weighted by molar-refractivity contribution is 7.90. The van der Waals surface area contributed by atoms with E-state index >= 15 is 0 Å². The Balaban J connectivity index is 1.61. The smallest absolute Gasteiger partial charge is 0.274 e. The molecule has 0 aliphatic carbocycles. The van der Waals surface area contributed by atoms with E-state index in [2.05, 4.69) is 10.3 Å². The van der Waals surface area contributed by atoms with Gasteiger partial charge in [0.05, 0.1) is 16.8 Å². The first-order chi connectivity index (χ1) is 12.5. The van der Waals surface area contributed by atoms with Crippen molar-refractivity contribution >= 4 is 32.6 Å². The lowest BCUT2D eigenvalue weighted by Gasteiger charge is -2.06. The van der Waals surface area contributed by atoms with Crippen LogP contribution >= 0.6 is 0 Å². The number of hydrogen-bond donors (Lipinski definition) is 1. The van der Waals surface area contributed by atoms with Crippen LogP contribution in [0, 0.1) is 0 Å². The maximum Gasteiger partial charge on any atom is 0.274 e. The number of rotatable bonds is 4. The predicted molar refractivity (Wildman–Crippen MR) is 95.4 cm³/mol. The summed E-state index contributed by atoms with van der Waals surface area (Å²) in [5, 5.41) is 3.32. The Kier molecular flexibility index (Phi) is 3.81. The number of anilines is 1. The summed E-state index contributed by atoms with van der Waals surface area (Å²) in [6, 6.07) is 12.8. The molecule has 3 heterocycles. The van der Waals surface area contributed by atoms with Gasteiger partial charge in [-0.2, -0.15) is 0 Å². The standard InChI is InChI=1S/C18H13N3O4S/c22-18(16-3-1-2-8-19-16)20-14-6-9-21(12-14)26(23,24)15-4-5-17-13(11-15)7-10-25-17/h1-12H,(H,20,22). The molecule has 0 radical (unpaired) electrons. The molecule has 0 aliphatic rings. The van der Waals surface area contributed by atoms with Gasteiger partial charge in [-0.1, -0.05) is 6.07 Å². The number of nitrogens with zero attached hydrogens (tertiary/aromatic N) is 2. The molecule has 0 atom stereocenters. The Morgan fingerprint density at radius 3 is 2.81 bits per heavy atom. The highest BCUT2D eigenvalue weighted by Crippen LogP contribution is 2.23. The first-order valence-corrected chi connectivity index (χ1v) is 9.11. The highest BCUT2D eigenvalue weighted by Gasteiger charge is 2.18. The van der Waals surface area contributed by atoms with Crippen molar-refractivity contribution in [3.05, 3.63) is 79.1 Å². The van der Waals surface area contributed by atoms with Crippen LogP contribution in [0.5, 0.6) is 0 Å². The molecule has 1 aromatic carbocycles. The molecule has 0 fully saturated rings. The first kappa shape index (κ1) is 16.1. The number of pyridine rings is 1. The van der Waals surface area contributed by atoms with E-state index in [9.17, 15) is 13.2 Å². The molecule has 0 bridgehead atoms. The van der Waals surface area contributed by atoms with Gasteiger partial charge < -0.3 is 9.73 Å². The summed E-state index contributed by atoms with van der Waals surface area (Å²) in [4.78, 5) is 16.2. The predicted octanol–water partition coefficient (Wildman–Crippen LogP) is 3.12. The minimum atomic E-state index is -3.78. The van der Waals surface area contributed by atoms with E-state index < -0.39 is 15.9 Å². The van der Waals surface area contributed by atoms with Crippen molar-refractivity contribution in [3.63, 3.8) is 0 Å². The van der Waals surface area contributed by atoms with Crippen LogP contribution in [-0.4, -0.2) is 23.3 Å². The minimum Gasteiger partial charge on any atom is -0.464 e. The molecular formula is C18H13N3O4S. The molecule has 7 nitrogen and oxygen atoms in total. The molecule has 4 aromatic rings. The Morgan fingerprint density at radius 2 is 2.00 bits per heavy atom. The lowest BCUT2D eigenvalue weighted by molar-refractivity contribution is 0.102. The normalized spacial score (nSPS) is 11.5. The van der Waals surface area contributed by atoms with Crippen LogP contribution in [-0.2, 0) is 10.0 Å². The van der Waals surface area contributed by atoms with Crippen LogP contribution in [0.25, 0.3) is 11.0 Å². The zero-order valence-corrected chi connectivity index (χ0v) is 14.2. The summed E-state index contributed by atoms with van der Waals surface area (Å²) in [6.45, 7) is 0. The molecule has 0 unspecified atom stereocenters. The number of aromatic nitrogens is 2. The second kappa shape index (κ2) is 6.16. The van der Waals surface area contributed by atoms with E-state index in [4.69, 9.17) is 4.42 Å². The monoisotopic (exact) mass is 367 g/mol. The SMILES string of the molecule is O=C(Nc1ccn(S(=O)(=O)c2ccc3occc3c2)c1)c1ccccn1. The number of hydrogen-bond acceptors (Lipinski definition) is 5. The van der Waals surface area contributed by atoms with Crippen LogP contribution < -0.4 is 5.32 Å². The average Bonchev–Trinajstić information content (AvgIpc) is 3.31. The Hall–Kier alpha value is -3.39. The number of furan rings is 1. The molecule has 0 aliphatic heterocycles. The molecule has 130 valence electrons. The average molecular weight is 367 g/mol. The fourth-order valence-electron chi connectivity index (χ4n) is 2.52. The van der Waals surface area contributed by atoms with Gasteiger partial charge in [-0.25, -0.2) is 12.4 Å². The molecule has 1 N–H and O–H groups in total. The van der Waals surface area contributed by atoms with Gasteiger partial charge in [0.1, 0.15) is 11.3 Å². The van der Waals surface area contributed by atoms with Crippen molar-refractivity contribution < 1.29 is 17.6 Å². The maximum absolute atomic E-state index is 12.8. The number of amides is 1. The highest BCUT2D eigenvalue weighted by atomic mass is 32.2. The van der Waals surface area contributed by atoms with Crippen LogP contribution in [0.1, 0.15) is 10.5 Å². The van der Waals surface area contributed by atoms with Gasteiger partial charge in [0, 0.05) is 24.0 Å². The molecule has 4 rings (SSSR count). The fourth-order valence-corrected chi connectivity index (χ4v) is 3.75. The van der Waals surface area contributed by atoms with E-state index in [1.165, 1.54) is 37.0 Å². The Bertz CT molecular complexity index is 1190. The summed E-state index contributed by atoms with van der Waals surface area (Å²) in [7, 11) is -3.78. The number of carbonyl (C=O) groups excluding carboxylic acids is 1. The fraction of sp³-hybridized carbons (Fsp3) is 0. The Labute approximate surface area is 148 Å². The van der Waals surface area contributed by atoms with E-state index in [1.807, 2.05) is 0 Å².